The van der Waals surface area contributed by atoms with Gasteiger partial charge in [0.2, 0.25) is 0 Å². The number of unbranched alkanes of at least 4 members (excludes halogenated alkanes) is 2. The van der Waals surface area contributed by atoms with Gasteiger partial charge in [0.25, 0.3) is 0 Å². The second-order valence-electron chi connectivity index (χ2n) is 5.84. The Morgan fingerprint density at radius 1 is 0.960 bits per heavy atom. The molecule has 1 aromatic heterocycles. The summed E-state index contributed by atoms with van der Waals surface area (Å²) < 4.78 is 11.4. The van der Waals surface area contributed by atoms with Gasteiger partial charge < -0.3 is 9.47 Å². The van der Waals surface area contributed by atoms with Crippen LogP contribution in [0.5, 0.6) is 11.5 Å². The number of hydrogen-bond donors (Lipinski definition) is 0. The van der Waals surface area contributed by atoms with Gasteiger partial charge in [-0.05, 0) is 43.4 Å². The Balaban J connectivity index is 1.56. The summed E-state index contributed by atoms with van der Waals surface area (Å²) in [7, 11) is 1.63. The molecule has 25 heavy (non-hydrogen) atoms. The van der Waals surface area contributed by atoms with Crippen LogP contribution in [0, 0.1) is 0 Å². The highest BCUT2D eigenvalue weighted by atomic mass is 35.5. The van der Waals surface area contributed by atoms with Crippen molar-refractivity contribution in [3.8, 4) is 11.5 Å². The Bertz CT molecular complexity index is 825. The maximum absolute atomic E-state index is 6.12. The fourth-order valence-electron chi connectivity index (χ4n) is 2.82. The first-order valence-corrected chi connectivity index (χ1v) is 8.82. The van der Waals surface area contributed by atoms with Crippen LogP contribution in [0.4, 0.5) is 0 Å². The molecule has 0 aliphatic heterocycles. The molecule has 0 aliphatic rings. The Hall–Kier alpha value is -2.33. The van der Waals surface area contributed by atoms with Crippen LogP contribution in [0.1, 0.15) is 24.8 Å². The number of benzene rings is 2. The summed E-state index contributed by atoms with van der Waals surface area (Å²) in [4.78, 5) is 0. The minimum atomic E-state index is 0.368. The molecular formula is C20H21ClN2O2. The summed E-state index contributed by atoms with van der Waals surface area (Å²) in [6.45, 7) is 0.629. The third-order valence-electron chi connectivity index (χ3n) is 4.13. The summed E-state index contributed by atoms with van der Waals surface area (Å²) >= 11 is 6.12. The van der Waals surface area contributed by atoms with Crippen LogP contribution in [-0.2, 0) is 6.42 Å². The maximum Gasteiger partial charge on any atom is 0.170 e. The van der Waals surface area contributed by atoms with Gasteiger partial charge in [0.1, 0.15) is 0 Å². The lowest BCUT2D eigenvalue weighted by atomic mass is 10.1. The van der Waals surface area contributed by atoms with Gasteiger partial charge in [0, 0.05) is 5.39 Å². The summed E-state index contributed by atoms with van der Waals surface area (Å²) in [5.74, 6) is 1.36. The third kappa shape index (κ3) is 4.40. The number of aryl methyl sites for hydroxylation is 1. The first kappa shape index (κ1) is 17.5. The molecular weight excluding hydrogens is 336 g/mol. The van der Waals surface area contributed by atoms with Crippen LogP contribution in [0.3, 0.4) is 0 Å². The molecule has 0 amide bonds. The average molecular weight is 357 g/mol. The highest BCUT2D eigenvalue weighted by Crippen LogP contribution is 2.37. The Morgan fingerprint density at radius 3 is 2.60 bits per heavy atom. The van der Waals surface area contributed by atoms with E-state index in [1.54, 1.807) is 13.3 Å². The highest BCUT2D eigenvalue weighted by molar-refractivity contribution is 6.34. The average Bonchev–Trinajstić information content (AvgIpc) is 2.65. The molecule has 2 aromatic carbocycles. The lowest BCUT2D eigenvalue weighted by Gasteiger charge is -2.13. The van der Waals surface area contributed by atoms with Gasteiger partial charge in [-0.15, -0.1) is 5.10 Å². The molecule has 0 radical (unpaired) electrons. The number of methoxy groups -OCH3 is 1. The summed E-state index contributed by atoms with van der Waals surface area (Å²) in [6.07, 6.45) is 6.01. The molecule has 4 nitrogen and oxygen atoms in total. The molecule has 0 N–H and O–H groups in total. The molecule has 0 aliphatic carbocycles. The number of hydrogen-bond acceptors (Lipinski definition) is 4. The zero-order valence-electron chi connectivity index (χ0n) is 14.2. The number of fused-ring (bicyclic) bond motifs is 1. The van der Waals surface area contributed by atoms with E-state index in [0.717, 1.165) is 36.5 Å². The molecule has 0 atom stereocenters. The Kier molecular flexibility index (Phi) is 6.07. The van der Waals surface area contributed by atoms with Gasteiger partial charge in [0.05, 0.1) is 25.3 Å². The zero-order valence-corrected chi connectivity index (χ0v) is 15.0. The van der Waals surface area contributed by atoms with Gasteiger partial charge >= 0.3 is 0 Å². The van der Waals surface area contributed by atoms with Crippen molar-refractivity contribution >= 4 is 22.4 Å². The fourth-order valence-corrected chi connectivity index (χ4v) is 3.02. The summed E-state index contributed by atoms with van der Waals surface area (Å²) in [5, 5.41) is 9.80. The molecule has 0 spiro atoms. The lowest BCUT2D eigenvalue weighted by molar-refractivity contribution is 0.289. The molecule has 3 aromatic rings. The van der Waals surface area contributed by atoms with Crippen molar-refractivity contribution in [1.82, 2.24) is 10.2 Å². The van der Waals surface area contributed by atoms with E-state index in [1.807, 2.05) is 18.2 Å². The van der Waals surface area contributed by atoms with E-state index in [4.69, 9.17) is 21.1 Å². The van der Waals surface area contributed by atoms with Crippen molar-refractivity contribution in [2.45, 2.75) is 25.7 Å². The van der Waals surface area contributed by atoms with Crippen molar-refractivity contribution in [3.05, 3.63) is 59.4 Å². The monoisotopic (exact) mass is 356 g/mol. The Labute approximate surface area is 152 Å². The van der Waals surface area contributed by atoms with Gasteiger partial charge in [-0.1, -0.05) is 41.9 Å². The molecule has 0 bridgehead atoms. The van der Waals surface area contributed by atoms with Gasteiger partial charge in [0.15, 0.2) is 16.7 Å². The van der Waals surface area contributed by atoms with E-state index in [9.17, 15) is 0 Å². The largest absolute Gasteiger partial charge is 0.493 e. The molecule has 1 heterocycles. The van der Waals surface area contributed by atoms with Crippen molar-refractivity contribution in [2.75, 3.05) is 13.7 Å². The maximum atomic E-state index is 6.12. The van der Waals surface area contributed by atoms with Crippen LogP contribution < -0.4 is 9.47 Å². The molecule has 5 heteroatoms. The topological polar surface area (TPSA) is 44.2 Å². The Morgan fingerprint density at radius 2 is 1.80 bits per heavy atom. The molecule has 0 saturated heterocycles. The number of aromatic nitrogens is 2. The number of ether oxygens (including phenoxy) is 2. The minimum absolute atomic E-state index is 0.368. The standard InChI is InChI=1S/C20H21ClN2O2/c1-24-18-12-11-16-17(14-22-23-20(16)21)19(18)25-13-7-3-6-10-15-8-4-2-5-9-15/h2,4-5,8-9,11-12,14H,3,6-7,10,13H2,1H3. The van der Waals surface area contributed by atoms with E-state index in [0.29, 0.717) is 23.3 Å². The summed E-state index contributed by atoms with van der Waals surface area (Å²) in [5.41, 5.74) is 1.38. The number of nitrogens with zero attached hydrogens (tertiary/aromatic N) is 2. The fraction of sp³-hybridized carbons (Fsp3) is 0.300. The first-order chi connectivity index (χ1) is 12.3. The van der Waals surface area contributed by atoms with E-state index >= 15 is 0 Å². The predicted octanol–water partition coefficient (Wildman–Crippen LogP) is 5.08. The third-order valence-corrected chi connectivity index (χ3v) is 4.41. The summed E-state index contributed by atoms with van der Waals surface area (Å²) in [6, 6.07) is 14.3. The number of rotatable bonds is 8. The SMILES string of the molecule is COc1ccc2c(Cl)nncc2c1OCCCCCc1ccccc1. The molecule has 0 unspecified atom stereocenters. The molecule has 0 saturated carbocycles. The lowest BCUT2D eigenvalue weighted by Crippen LogP contribution is -2.01. The van der Waals surface area contributed by atoms with Gasteiger partial charge in [-0.25, -0.2) is 0 Å². The quantitative estimate of drug-likeness (QED) is 0.528. The minimum Gasteiger partial charge on any atom is -0.493 e. The van der Waals surface area contributed by atoms with Crippen molar-refractivity contribution in [1.29, 1.82) is 0 Å². The normalized spacial score (nSPS) is 10.8. The molecule has 0 fully saturated rings. The van der Waals surface area contributed by atoms with E-state index in [1.165, 1.54) is 5.56 Å². The highest BCUT2D eigenvalue weighted by Gasteiger charge is 2.12. The second kappa shape index (κ2) is 8.67. The van der Waals surface area contributed by atoms with Gasteiger partial charge in [-0.2, -0.15) is 5.10 Å². The van der Waals surface area contributed by atoms with Crippen LogP contribution >= 0.6 is 11.6 Å². The second-order valence-corrected chi connectivity index (χ2v) is 6.20. The van der Waals surface area contributed by atoms with Crippen molar-refractivity contribution < 1.29 is 9.47 Å². The van der Waals surface area contributed by atoms with Crippen molar-refractivity contribution in [2.24, 2.45) is 0 Å². The van der Waals surface area contributed by atoms with Gasteiger partial charge in [-0.3, -0.25) is 0 Å². The van der Waals surface area contributed by atoms with E-state index in [-0.39, 0.29) is 0 Å². The van der Waals surface area contributed by atoms with Crippen LogP contribution in [-0.4, -0.2) is 23.9 Å². The van der Waals surface area contributed by atoms with E-state index < -0.39 is 0 Å². The van der Waals surface area contributed by atoms with Crippen LogP contribution in [0.15, 0.2) is 48.7 Å². The van der Waals surface area contributed by atoms with Crippen molar-refractivity contribution in [3.63, 3.8) is 0 Å². The van der Waals surface area contributed by atoms with Crippen LogP contribution in [0.2, 0.25) is 5.15 Å². The molecule has 130 valence electrons. The smallest absolute Gasteiger partial charge is 0.170 e. The zero-order chi connectivity index (χ0) is 17.5. The molecule has 3 rings (SSSR count). The van der Waals surface area contributed by atoms with Crippen LogP contribution in [0.25, 0.3) is 10.8 Å². The first-order valence-electron chi connectivity index (χ1n) is 8.44. The number of halogens is 1. The predicted molar refractivity (Wildman–Crippen MR) is 101 cm³/mol. The van der Waals surface area contributed by atoms with E-state index in [2.05, 4.69) is 34.5 Å².